The number of carbonyl (C=O) groups is 3. The van der Waals surface area contributed by atoms with Gasteiger partial charge < -0.3 is 24.6 Å². The number of benzene rings is 2. The molecule has 2 aliphatic rings. The first-order valence-corrected chi connectivity index (χ1v) is 9.42. The van der Waals surface area contributed by atoms with E-state index in [2.05, 4.69) is 5.32 Å². The van der Waals surface area contributed by atoms with E-state index >= 15 is 0 Å². The fourth-order valence-electron chi connectivity index (χ4n) is 3.32. The van der Waals surface area contributed by atoms with Crippen molar-refractivity contribution in [1.29, 1.82) is 0 Å². The van der Waals surface area contributed by atoms with Crippen molar-refractivity contribution in [1.82, 2.24) is 9.80 Å². The number of anilines is 1. The molecule has 0 spiro atoms. The first-order valence-electron chi connectivity index (χ1n) is 9.42. The highest BCUT2D eigenvalue weighted by Crippen LogP contribution is 2.32. The summed E-state index contributed by atoms with van der Waals surface area (Å²) in [4.78, 5) is 40.0. The molecule has 8 heteroatoms. The maximum Gasteiger partial charge on any atom is 0.312 e. The molecule has 2 aliphatic heterocycles. The molecule has 0 bridgehead atoms. The van der Waals surface area contributed by atoms with E-state index in [4.69, 9.17) is 9.47 Å². The summed E-state index contributed by atoms with van der Waals surface area (Å²) in [6.45, 7) is 1.84. The molecular formula is C21H21N3O5. The molecule has 0 aromatic heterocycles. The van der Waals surface area contributed by atoms with Gasteiger partial charge in [0.05, 0.1) is 0 Å². The predicted octanol–water partition coefficient (Wildman–Crippen LogP) is 1.27. The van der Waals surface area contributed by atoms with Gasteiger partial charge in [0.25, 0.3) is 0 Å². The van der Waals surface area contributed by atoms with E-state index in [-0.39, 0.29) is 12.5 Å². The first-order chi connectivity index (χ1) is 14.1. The Morgan fingerprint density at radius 3 is 2.38 bits per heavy atom. The third-order valence-corrected chi connectivity index (χ3v) is 4.77. The molecule has 0 aliphatic carbocycles. The third-order valence-electron chi connectivity index (χ3n) is 4.77. The van der Waals surface area contributed by atoms with E-state index in [1.807, 2.05) is 30.3 Å². The zero-order chi connectivity index (χ0) is 20.2. The lowest BCUT2D eigenvalue weighted by atomic mass is 10.2. The summed E-state index contributed by atoms with van der Waals surface area (Å²) in [5.41, 5.74) is 1.50. The minimum absolute atomic E-state index is 0.182. The second kappa shape index (κ2) is 8.22. The largest absolute Gasteiger partial charge is 0.486 e. The molecule has 2 aromatic carbocycles. The summed E-state index contributed by atoms with van der Waals surface area (Å²) < 4.78 is 10.9. The summed E-state index contributed by atoms with van der Waals surface area (Å²) in [6.07, 6.45) is 0. The standard InChI is InChI=1S/C21H21N3O5/c25-19(22-16-6-7-17-18(12-16)29-11-10-28-17)14-24-9-8-23(20(26)21(24)27)13-15-4-2-1-3-5-15/h1-7,12H,8-11,13-14H2,(H,22,25). The van der Waals surface area contributed by atoms with Gasteiger partial charge in [-0.1, -0.05) is 30.3 Å². The van der Waals surface area contributed by atoms with Gasteiger partial charge in [-0.15, -0.1) is 0 Å². The number of ether oxygens (including phenoxy) is 2. The van der Waals surface area contributed by atoms with Crippen molar-refractivity contribution in [2.24, 2.45) is 0 Å². The molecule has 0 atom stereocenters. The van der Waals surface area contributed by atoms with Crippen LogP contribution in [0.25, 0.3) is 0 Å². The van der Waals surface area contributed by atoms with Crippen LogP contribution in [0.15, 0.2) is 48.5 Å². The van der Waals surface area contributed by atoms with Crippen LogP contribution in [0.5, 0.6) is 11.5 Å². The minimum Gasteiger partial charge on any atom is -0.486 e. The van der Waals surface area contributed by atoms with Crippen LogP contribution < -0.4 is 14.8 Å². The molecule has 1 saturated heterocycles. The molecule has 2 heterocycles. The molecule has 150 valence electrons. The van der Waals surface area contributed by atoms with Gasteiger partial charge in [-0.05, 0) is 17.7 Å². The summed E-state index contributed by atoms with van der Waals surface area (Å²) in [5, 5.41) is 2.73. The molecule has 0 unspecified atom stereocenters. The second-order valence-corrected chi connectivity index (χ2v) is 6.85. The van der Waals surface area contributed by atoms with Gasteiger partial charge in [0.15, 0.2) is 11.5 Å². The lowest BCUT2D eigenvalue weighted by molar-refractivity contribution is -0.157. The average molecular weight is 395 g/mol. The fraction of sp³-hybridized carbons (Fsp3) is 0.286. The van der Waals surface area contributed by atoms with Crippen molar-refractivity contribution in [3.63, 3.8) is 0 Å². The third kappa shape index (κ3) is 4.31. The number of nitrogens with zero attached hydrogens (tertiary/aromatic N) is 2. The zero-order valence-electron chi connectivity index (χ0n) is 15.8. The molecule has 2 aromatic rings. The van der Waals surface area contributed by atoms with Gasteiger partial charge in [-0.2, -0.15) is 0 Å². The number of amides is 3. The Morgan fingerprint density at radius 1 is 0.897 bits per heavy atom. The maximum absolute atomic E-state index is 12.4. The lowest BCUT2D eigenvalue weighted by Gasteiger charge is -2.33. The molecule has 4 rings (SSSR count). The topological polar surface area (TPSA) is 88.2 Å². The number of carbonyl (C=O) groups excluding carboxylic acids is 3. The first kappa shape index (κ1) is 18.8. The van der Waals surface area contributed by atoms with Gasteiger partial charge in [0.2, 0.25) is 5.91 Å². The van der Waals surface area contributed by atoms with Crippen LogP contribution in [0.2, 0.25) is 0 Å². The van der Waals surface area contributed by atoms with Crippen molar-refractivity contribution >= 4 is 23.4 Å². The normalized spacial score (nSPS) is 16.0. The highest BCUT2D eigenvalue weighted by atomic mass is 16.6. The van der Waals surface area contributed by atoms with E-state index in [1.54, 1.807) is 18.2 Å². The number of fused-ring (bicyclic) bond motifs is 1. The Hall–Kier alpha value is -3.55. The summed E-state index contributed by atoms with van der Waals surface area (Å²) in [5.74, 6) is -0.435. The molecule has 0 radical (unpaired) electrons. The Morgan fingerprint density at radius 2 is 1.59 bits per heavy atom. The number of rotatable bonds is 5. The summed E-state index contributed by atoms with van der Waals surface area (Å²) >= 11 is 0. The van der Waals surface area contributed by atoms with Crippen LogP contribution in [0.4, 0.5) is 5.69 Å². The quantitative estimate of drug-likeness (QED) is 0.771. The van der Waals surface area contributed by atoms with Gasteiger partial charge in [0, 0.05) is 31.4 Å². The monoisotopic (exact) mass is 395 g/mol. The second-order valence-electron chi connectivity index (χ2n) is 6.85. The molecule has 1 fully saturated rings. The van der Waals surface area contributed by atoms with Crippen molar-refractivity contribution in [3.05, 3.63) is 54.1 Å². The number of hydrogen-bond acceptors (Lipinski definition) is 5. The van der Waals surface area contributed by atoms with Gasteiger partial charge in [0.1, 0.15) is 19.8 Å². The van der Waals surface area contributed by atoms with E-state index in [0.29, 0.717) is 50.0 Å². The van der Waals surface area contributed by atoms with Gasteiger partial charge >= 0.3 is 11.8 Å². The van der Waals surface area contributed by atoms with E-state index in [9.17, 15) is 14.4 Å². The van der Waals surface area contributed by atoms with Gasteiger partial charge in [-0.3, -0.25) is 14.4 Å². The van der Waals surface area contributed by atoms with Crippen molar-refractivity contribution in [2.75, 3.05) is 38.2 Å². The van der Waals surface area contributed by atoms with Crippen LogP contribution in [0.1, 0.15) is 5.56 Å². The van der Waals surface area contributed by atoms with E-state index in [0.717, 1.165) is 5.56 Å². The maximum atomic E-state index is 12.4. The average Bonchev–Trinajstić information content (AvgIpc) is 2.74. The molecule has 0 saturated carbocycles. The predicted molar refractivity (Wildman–Crippen MR) is 105 cm³/mol. The highest BCUT2D eigenvalue weighted by Gasteiger charge is 2.33. The minimum atomic E-state index is -0.662. The van der Waals surface area contributed by atoms with Crippen LogP contribution in [0, 0.1) is 0 Å². The van der Waals surface area contributed by atoms with Crippen LogP contribution >= 0.6 is 0 Å². The number of nitrogens with one attached hydrogen (secondary N) is 1. The summed E-state index contributed by atoms with van der Waals surface area (Å²) in [6, 6.07) is 14.6. The molecule has 3 amide bonds. The Bertz CT molecular complexity index is 931. The number of piperazine rings is 1. The fourth-order valence-corrected chi connectivity index (χ4v) is 3.32. The van der Waals surface area contributed by atoms with E-state index < -0.39 is 11.8 Å². The Kier molecular flexibility index (Phi) is 5.33. The highest BCUT2D eigenvalue weighted by molar-refractivity contribution is 6.35. The van der Waals surface area contributed by atoms with Crippen molar-refractivity contribution < 1.29 is 23.9 Å². The van der Waals surface area contributed by atoms with Crippen molar-refractivity contribution in [2.45, 2.75) is 6.54 Å². The van der Waals surface area contributed by atoms with Gasteiger partial charge in [-0.25, -0.2) is 0 Å². The lowest BCUT2D eigenvalue weighted by Crippen LogP contribution is -2.55. The molecule has 1 N–H and O–H groups in total. The zero-order valence-corrected chi connectivity index (χ0v) is 15.8. The number of hydrogen-bond donors (Lipinski definition) is 1. The van der Waals surface area contributed by atoms with Crippen LogP contribution in [-0.2, 0) is 20.9 Å². The van der Waals surface area contributed by atoms with Crippen LogP contribution in [-0.4, -0.2) is 60.4 Å². The molecule has 29 heavy (non-hydrogen) atoms. The van der Waals surface area contributed by atoms with Crippen LogP contribution in [0.3, 0.4) is 0 Å². The molecular weight excluding hydrogens is 374 g/mol. The Balaban J connectivity index is 1.33. The Labute approximate surface area is 168 Å². The smallest absolute Gasteiger partial charge is 0.312 e. The summed E-state index contributed by atoms with van der Waals surface area (Å²) in [7, 11) is 0. The van der Waals surface area contributed by atoms with Crippen molar-refractivity contribution in [3.8, 4) is 11.5 Å². The molecule has 8 nitrogen and oxygen atoms in total. The SMILES string of the molecule is O=C(CN1CCN(Cc2ccccc2)C(=O)C1=O)Nc1ccc2c(c1)OCCO2. The van der Waals surface area contributed by atoms with E-state index in [1.165, 1.54) is 9.80 Å².